The van der Waals surface area contributed by atoms with Crippen molar-refractivity contribution < 1.29 is 24.2 Å². The average molecular weight is 432 g/mol. The first-order valence-corrected chi connectivity index (χ1v) is 11.8. The van der Waals surface area contributed by atoms with Gasteiger partial charge in [-0.25, -0.2) is 4.79 Å². The molecule has 1 aromatic rings. The minimum absolute atomic E-state index is 0.0695. The number of hydrogen-bond donors (Lipinski definition) is 2. The van der Waals surface area contributed by atoms with Crippen LogP contribution in [0.2, 0.25) is 0 Å². The van der Waals surface area contributed by atoms with Crippen molar-refractivity contribution in [1.29, 1.82) is 0 Å². The molecule has 1 saturated carbocycles. The summed E-state index contributed by atoms with van der Waals surface area (Å²) in [5.74, 6) is -3.11. The van der Waals surface area contributed by atoms with Crippen LogP contribution in [0.25, 0.3) is 0 Å². The number of esters is 1. The van der Waals surface area contributed by atoms with Gasteiger partial charge >= 0.3 is 11.9 Å². The summed E-state index contributed by atoms with van der Waals surface area (Å²) < 4.78 is 5.49. The van der Waals surface area contributed by atoms with E-state index in [4.69, 9.17) is 4.74 Å². The van der Waals surface area contributed by atoms with E-state index in [9.17, 15) is 19.5 Å². The van der Waals surface area contributed by atoms with Crippen LogP contribution >= 0.6 is 11.3 Å². The third kappa shape index (κ3) is 3.92. The number of fused-ring (bicyclic) bond motifs is 3. The second-order valence-corrected chi connectivity index (χ2v) is 10.00. The van der Waals surface area contributed by atoms with E-state index >= 15 is 0 Å². The van der Waals surface area contributed by atoms with Gasteiger partial charge in [-0.15, -0.1) is 11.3 Å². The molecule has 2 N–H and O–H groups in total. The maximum Gasteiger partial charge on any atom is 0.341 e. The van der Waals surface area contributed by atoms with Gasteiger partial charge in [0.2, 0.25) is 5.91 Å². The number of amides is 1. The number of carboxylic acids is 1. The molecule has 2 bridgehead atoms. The summed E-state index contributed by atoms with van der Waals surface area (Å²) in [5, 5.41) is 13.2. The van der Waals surface area contributed by atoms with E-state index in [0.29, 0.717) is 10.6 Å². The molecule has 7 heteroatoms. The van der Waals surface area contributed by atoms with E-state index in [1.54, 1.807) is 0 Å². The lowest BCUT2D eigenvalue weighted by Crippen LogP contribution is -2.47. The molecular formula is C23H29NO5S. The Balaban J connectivity index is 1.65. The van der Waals surface area contributed by atoms with Crippen LogP contribution in [0.4, 0.5) is 5.00 Å². The Morgan fingerprint density at radius 2 is 1.73 bits per heavy atom. The number of hydrogen-bond acceptors (Lipinski definition) is 5. The second-order valence-electron chi connectivity index (χ2n) is 8.89. The van der Waals surface area contributed by atoms with Gasteiger partial charge in [0.05, 0.1) is 23.5 Å². The van der Waals surface area contributed by atoms with E-state index < -0.39 is 23.8 Å². The molecular weight excluding hydrogens is 402 g/mol. The van der Waals surface area contributed by atoms with E-state index in [1.807, 2.05) is 26.0 Å². The number of allylic oxidation sites excluding steroid dienone is 2. The molecule has 4 atom stereocenters. The van der Waals surface area contributed by atoms with Gasteiger partial charge in [0.15, 0.2) is 0 Å². The van der Waals surface area contributed by atoms with Gasteiger partial charge < -0.3 is 15.2 Å². The van der Waals surface area contributed by atoms with Crippen LogP contribution in [0.5, 0.6) is 0 Å². The first-order chi connectivity index (χ1) is 14.4. The summed E-state index contributed by atoms with van der Waals surface area (Å²) in [5.41, 5.74) is 1.47. The van der Waals surface area contributed by atoms with Crippen molar-refractivity contribution in [3.63, 3.8) is 0 Å². The van der Waals surface area contributed by atoms with Crippen LogP contribution in [0.1, 0.15) is 66.8 Å². The number of anilines is 1. The molecule has 0 aliphatic heterocycles. The van der Waals surface area contributed by atoms with Gasteiger partial charge in [0, 0.05) is 4.88 Å². The van der Waals surface area contributed by atoms with Gasteiger partial charge in [-0.2, -0.15) is 0 Å². The van der Waals surface area contributed by atoms with Crippen molar-refractivity contribution in [2.45, 2.75) is 64.9 Å². The van der Waals surface area contributed by atoms with Gasteiger partial charge in [0.25, 0.3) is 0 Å². The van der Waals surface area contributed by atoms with E-state index in [0.717, 1.165) is 55.4 Å². The smallest absolute Gasteiger partial charge is 0.341 e. The Morgan fingerprint density at radius 1 is 1.07 bits per heavy atom. The normalized spacial score (nSPS) is 27.4. The predicted molar refractivity (Wildman–Crippen MR) is 115 cm³/mol. The van der Waals surface area contributed by atoms with Crippen LogP contribution in [0.15, 0.2) is 12.2 Å². The summed E-state index contributed by atoms with van der Waals surface area (Å²) >= 11 is 1.45. The number of thiophene rings is 1. The molecule has 4 aliphatic rings. The maximum absolute atomic E-state index is 13.3. The molecule has 6 nitrogen and oxygen atoms in total. The Hall–Kier alpha value is -2.15. The fourth-order valence-electron chi connectivity index (χ4n) is 5.20. The van der Waals surface area contributed by atoms with Crippen molar-refractivity contribution >= 4 is 34.2 Å². The van der Waals surface area contributed by atoms with E-state index in [2.05, 4.69) is 5.32 Å². The topological polar surface area (TPSA) is 92.7 Å². The lowest BCUT2D eigenvalue weighted by molar-refractivity contribution is -0.151. The first kappa shape index (κ1) is 21.1. The number of rotatable bonds is 5. The Bertz CT molecular complexity index is 886. The van der Waals surface area contributed by atoms with Gasteiger partial charge in [-0.05, 0) is 69.8 Å². The molecule has 1 fully saturated rings. The minimum atomic E-state index is -0.921. The minimum Gasteiger partial charge on any atom is -0.481 e. The van der Waals surface area contributed by atoms with Crippen molar-refractivity contribution in [2.24, 2.45) is 23.7 Å². The summed E-state index contributed by atoms with van der Waals surface area (Å²) in [6, 6.07) is 0. The van der Waals surface area contributed by atoms with Gasteiger partial charge in [-0.1, -0.05) is 18.6 Å². The molecule has 1 aromatic heterocycles. The summed E-state index contributed by atoms with van der Waals surface area (Å²) in [4.78, 5) is 39.3. The fourth-order valence-corrected chi connectivity index (χ4v) is 6.48. The Kier molecular flexibility index (Phi) is 6.00. The third-order valence-electron chi connectivity index (χ3n) is 6.54. The monoisotopic (exact) mass is 431 g/mol. The van der Waals surface area contributed by atoms with Crippen molar-refractivity contribution in [1.82, 2.24) is 0 Å². The SMILES string of the molecule is CC(C)OC(=O)c1c(NC(=O)[C@H]2[C@@H](C(=O)O)[C@H]3C=C[C@@H]2CC3)sc2c1CCCCC2. The zero-order chi connectivity index (χ0) is 21.4. The van der Waals surface area contributed by atoms with Gasteiger partial charge in [-0.3, -0.25) is 9.59 Å². The lowest BCUT2D eigenvalue weighted by Gasteiger charge is -2.41. The van der Waals surface area contributed by atoms with E-state index in [-0.39, 0.29) is 23.8 Å². The van der Waals surface area contributed by atoms with Crippen LogP contribution in [-0.2, 0) is 27.2 Å². The third-order valence-corrected chi connectivity index (χ3v) is 7.75. The molecule has 1 amide bonds. The molecule has 4 aliphatic carbocycles. The quantitative estimate of drug-likeness (QED) is 0.409. The highest BCUT2D eigenvalue weighted by Gasteiger charge is 2.48. The van der Waals surface area contributed by atoms with Crippen LogP contribution < -0.4 is 5.32 Å². The summed E-state index contributed by atoms with van der Waals surface area (Å²) in [6.45, 7) is 3.62. The molecule has 0 aromatic carbocycles. The number of aryl methyl sites for hydroxylation is 1. The lowest BCUT2D eigenvalue weighted by atomic mass is 9.62. The number of carboxylic acid groups (broad SMARTS) is 1. The molecule has 0 unspecified atom stereocenters. The number of ether oxygens (including phenoxy) is 1. The van der Waals surface area contributed by atoms with Crippen molar-refractivity contribution in [3.05, 3.63) is 28.2 Å². The summed E-state index contributed by atoms with van der Waals surface area (Å²) in [6.07, 6.45) is 10.2. The summed E-state index contributed by atoms with van der Waals surface area (Å²) in [7, 11) is 0. The molecule has 1 heterocycles. The van der Waals surface area contributed by atoms with E-state index in [1.165, 1.54) is 11.3 Å². The molecule has 0 spiro atoms. The largest absolute Gasteiger partial charge is 0.481 e. The zero-order valence-electron chi connectivity index (χ0n) is 17.5. The maximum atomic E-state index is 13.3. The molecule has 0 radical (unpaired) electrons. The standard InChI is InChI=1S/C23H29NO5S/c1-12(2)29-23(28)19-15-6-4-3-5-7-16(15)30-21(19)24-20(25)17-13-8-10-14(11-9-13)18(17)22(26)27/h8,10,12-14,17-18H,3-7,9,11H2,1-2H3,(H,24,25)(H,26,27)/t13-,14+,17-,18+/m1/s1. The predicted octanol–water partition coefficient (Wildman–Crippen LogP) is 4.43. The fraction of sp³-hybridized carbons (Fsp3) is 0.609. The highest BCUT2D eigenvalue weighted by atomic mass is 32.1. The molecule has 5 rings (SSSR count). The molecule has 30 heavy (non-hydrogen) atoms. The molecule has 0 saturated heterocycles. The number of carbonyl (C=O) groups excluding carboxylic acids is 2. The Morgan fingerprint density at radius 3 is 2.37 bits per heavy atom. The number of aliphatic carboxylic acids is 1. The molecule has 162 valence electrons. The average Bonchev–Trinajstić information content (AvgIpc) is 2.88. The van der Waals surface area contributed by atoms with Crippen LogP contribution in [0.3, 0.4) is 0 Å². The number of carbonyl (C=O) groups is 3. The highest BCUT2D eigenvalue weighted by Crippen LogP contribution is 2.46. The number of nitrogens with one attached hydrogen (secondary N) is 1. The van der Waals surface area contributed by atoms with Crippen LogP contribution in [0, 0.1) is 23.7 Å². The second kappa shape index (κ2) is 8.53. The highest BCUT2D eigenvalue weighted by molar-refractivity contribution is 7.17. The first-order valence-electron chi connectivity index (χ1n) is 10.9. The Labute approximate surface area is 180 Å². The van der Waals surface area contributed by atoms with Crippen molar-refractivity contribution in [3.8, 4) is 0 Å². The van der Waals surface area contributed by atoms with Crippen molar-refractivity contribution in [2.75, 3.05) is 5.32 Å². The van der Waals surface area contributed by atoms with Gasteiger partial charge in [0.1, 0.15) is 5.00 Å². The zero-order valence-corrected chi connectivity index (χ0v) is 18.3. The van der Waals surface area contributed by atoms with Crippen LogP contribution in [-0.4, -0.2) is 29.1 Å².